The van der Waals surface area contributed by atoms with Gasteiger partial charge in [-0.25, -0.2) is 0 Å². The van der Waals surface area contributed by atoms with Crippen LogP contribution in [0.2, 0.25) is 0 Å². The first kappa shape index (κ1) is 16.2. The normalized spacial score (nSPS) is 15.3. The van der Waals surface area contributed by atoms with Crippen LogP contribution in [-0.2, 0) is 0 Å². The first-order valence-electron chi connectivity index (χ1n) is 8.07. The summed E-state index contributed by atoms with van der Waals surface area (Å²) in [5, 5.41) is 19.4. The van der Waals surface area contributed by atoms with Crippen molar-refractivity contribution in [1.29, 1.82) is 0 Å². The smallest absolute Gasteiger partial charge is 0.292 e. The number of nitrogens with zero attached hydrogens (tertiary/aromatic N) is 5. The molecule has 24 heavy (non-hydrogen) atoms. The Bertz CT molecular complexity index is 714. The summed E-state index contributed by atoms with van der Waals surface area (Å²) in [6.45, 7) is 3.46. The molecule has 1 saturated heterocycles. The molecule has 1 fully saturated rings. The predicted octanol–water partition coefficient (Wildman–Crippen LogP) is 2.80. The van der Waals surface area contributed by atoms with Crippen molar-refractivity contribution in [2.45, 2.75) is 25.8 Å². The van der Waals surface area contributed by atoms with E-state index in [9.17, 15) is 10.1 Å². The van der Waals surface area contributed by atoms with Crippen LogP contribution in [0.3, 0.4) is 0 Å². The van der Waals surface area contributed by atoms with Crippen molar-refractivity contribution in [2.24, 2.45) is 0 Å². The second-order valence-electron chi connectivity index (χ2n) is 6.16. The SMILES string of the molecule is Cc1ccc(N2CCC(N(C)c3cccnn3)CC2)c([N+](=O)[O-])c1. The van der Waals surface area contributed by atoms with E-state index in [0.717, 1.165) is 37.3 Å². The molecule has 0 aliphatic carbocycles. The molecule has 0 spiro atoms. The van der Waals surface area contributed by atoms with E-state index in [1.165, 1.54) is 0 Å². The maximum Gasteiger partial charge on any atom is 0.292 e. The first-order chi connectivity index (χ1) is 11.6. The number of rotatable bonds is 4. The summed E-state index contributed by atoms with van der Waals surface area (Å²) in [6, 6.07) is 9.63. The molecule has 1 aromatic heterocycles. The molecule has 0 radical (unpaired) electrons. The lowest BCUT2D eigenvalue weighted by Crippen LogP contribution is -2.44. The highest BCUT2D eigenvalue weighted by Gasteiger charge is 2.27. The van der Waals surface area contributed by atoms with Crippen LogP contribution in [0, 0.1) is 17.0 Å². The molecular weight excluding hydrogens is 306 g/mol. The highest BCUT2D eigenvalue weighted by Crippen LogP contribution is 2.32. The lowest BCUT2D eigenvalue weighted by Gasteiger charge is -2.37. The van der Waals surface area contributed by atoms with Crippen LogP contribution in [0.15, 0.2) is 36.5 Å². The number of hydrogen-bond donors (Lipinski definition) is 0. The molecule has 2 heterocycles. The second-order valence-corrected chi connectivity index (χ2v) is 6.16. The maximum absolute atomic E-state index is 11.3. The number of anilines is 2. The molecule has 7 heteroatoms. The summed E-state index contributed by atoms with van der Waals surface area (Å²) in [7, 11) is 2.03. The summed E-state index contributed by atoms with van der Waals surface area (Å²) >= 11 is 0. The third-order valence-electron chi connectivity index (χ3n) is 4.60. The van der Waals surface area contributed by atoms with Crippen molar-refractivity contribution in [2.75, 3.05) is 29.9 Å². The fourth-order valence-electron chi connectivity index (χ4n) is 3.21. The number of hydrogen-bond acceptors (Lipinski definition) is 6. The Balaban J connectivity index is 1.71. The number of nitro benzene ring substituents is 1. The number of benzene rings is 1. The molecule has 2 aromatic rings. The predicted molar refractivity (Wildman–Crippen MR) is 93.5 cm³/mol. The van der Waals surface area contributed by atoms with Gasteiger partial charge in [0.15, 0.2) is 5.82 Å². The van der Waals surface area contributed by atoms with Gasteiger partial charge in [0.2, 0.25) is 0 Å². The second kappa shape index (κ2) is 6.82. The zero-order chi connectivity index (χ0) is 17.1. The van der Waals surface area contributed by atoms with Gasteiger partial charge in [-0.1, -0.05) is 6.07 Å². The van der Waals surface area contributed by atoms with Crippen LogP contribution in [0.5, 0.6) is 0 Å². The lowest BCUT2D eigenvalue weighted by molar-refractivity contribution is -0.384. The molecule has 0 amide bonds. The fourth-order valence-corrected chi connectivity index (χ4v) is 3.21. The molecule has 126 valence electrons. The Morgan fingerprint density at radius 2 is 2.04 bits per heavy atom. The standard InChI is InChI=1S/C17H21N5O2/c1-13-5-6-15(16(12-13)22(23)24)21-10-7-14(8-11-21)20(2)17-4-3-9-18-19-17/h3-6,9,12,14H,7-8,10-11H2,1-2H3. The minimum Gasteiger partial charge on any atom is -0.366 e. The summed E-state index contributed by atoms with van der Waals surface area (Å²) in [4.78, 5) is 15.3. The number of aromatic nitrogens is 2. The molecule has 1 aliphatic heterocycles. The molecule has 3 rings (SSSR count). The summed E-state index contributed by atoms with van der Waals surface area (Å²) in [5.74, 6) is 0.859. The van der Waals surface area contributed by atoms with E-state index in [-0.39, 0.29) is 10.6 Å². The topological polar surface area (TPSA) is 75.4 Å². The Kier molecular flexibility index (Phi) is 4.59. The quantitative estimate of drug-likeness (QED) is 0.635. The Morgan fingerprint density at radius 3 is 2.67 bits per heavy atom. The van der Waals surface area contributed by atoms with Gasteiger partial charge in [-0.05, 0) is 43.5 Å². The van der Waals surface area contributed by atoms with Gasteiger partial charge in [0.1, 0.15) is 5.69 Å². The Hall–Kier alpha value is -2.70. The van der Waals surface area contributed by atoms with Crippen molar-refractivity contribution in [3.63, 3.8) is 0 Å². The van der Waals surface area contributed by atoms with Crippen LogP contribution < -0.4 is 9.80 Å². The fraction of sp³-hybridized carbons (Fsp3) is 0.412. The summed E-state index contributed by atoms with van der Waals surface area (Å²) < 4.78 is 0. The van der Waals surface area contributed by atoms with Gasteiger partial charge in [-0.15, -0.1) is 5.10 Å². The zero-order valence-corrected chi connectivity index (χ0v) is 13.9. The third-order valence-corrected chi connectivity index (χ3v) is 4.60. The first-order valence-corrected chi connectivity index (χ1v) is 8.07. The van der Waals surface area contributed by atoms with Crippen molar-refractivity contribution >= 4 is 17.2 Å². The minimum atomic E-state index is -0.292. The van der Waals surface area contributed by atoms with Crippen molar-refractivity contribution in [1.82, 2.24) is 10.2 Å². The van der Waals surface area contributed by atoms with Gasteiger partial charge in [0, 0.05) is 38.4 Å². The zero-order valence-electron chi connectivity index (χ0n) is 13.9. The molecule has 1 aliphatic rings. The lowest BCUT2D eigenvalue weighted by atomic mass is 10.0. The van der Waals surface area contributed by atoms with Crippen LogP contribution in [0.4, 0.5) is 17.2 Å². The molecule has 0 saturated carbocycles. The van der Waals surface area contributed by atoms with E-state index in [4.69, 9.17) is 0 Å². The molecule has 7 nitrogen and oxygen atoms in total. The monoisotopic (exact) mass is 327 g/mol. The molecule has 0 N–H and O–H groups in total. The van der Waals surface area contributed by atoms with Gasteiger partial charge < -0.3 is 9.80 Å². The summed E-state index contributed by atoms with van der Waals surface area (Å²) in [5.41, 5.74) is 1.81. The largest absolute Gasteiger partial charge is 0.366 e. The highest BCUT2D eigenvalue weighted by molar-refractivity contribution is 5.64. The van der Waals surface area contributed by atoms with Gasteiger partial charge >= 0.3 is 0 Å². The molecular formula is C17H21N5O2. The van der Waals surface area contributed by atoms with Gasteiger partial charge in [0.05, 0.1) is 4.92 Å². The van der Waals surface area contributed by atoms with Gasteiger partial charge in [-0.3, -0.25) is 10.1 Å². The molecule has 0 bridgehead atoms. The van der Waals surface area contributed by atoms with E-state index in [1.54, 1.807) is 12.3 Å². The van der Waals surface area contributed by atoms with Gasteiger partial charge in [-0.2, -0.15) is 5.10 Å². The Morgan fingerprint density at radius 1 is 1.29 bits per heavy atom. The number of nitro groups is 1. The minimum absolute atomic E-state index is 0.190. The van der Waals surface area contributed by atoms with Gasteiger partial charge in [0.25, 0.3) is 5.69 Å². The average molecular weight is 327 g/mol. The molecule has 1 aromatic carbocycles. The molecule has 0 atom stereocenters. The van der Waals surface area contributed by atoms with Crippen LogP contribution in [0.1, 0.15) is 18.4 Å². The van der Waals surface area contributed by atoms with E-state index in [2.05, 4.69) is 20.0 Å². The van der Waals surface area contributed by atoms with Crippen molar-refractivity contribution < 1.29 is 4.92 Å². The maximum atomic E-state index is 11.3. The van der Waals surface area contributed by atoms with E-state index in [1.807, 2.05) is 38.2 Å². The van der Waals surface area contributed by atoms with Crippen molar-refractivity contribution in [3.8, 4) is 0 Å². The van der Waals surface area contributed by atoms with E-state index >= 15 is 0 Å². The highest BCUT2D eigenvalue weighted by atomic mass is 16.6. The van der Waals surface area contributed by atoms with Crippen LogP contribution >= 0.6 is 0 Å². The number of aryl methyl sites for hydroxylation is 1. The van der Waals surface area contributed by atoms with E-state index in [0.29, 0.717) is 11.7 Å². The number of piperidine rings is 1. The third kappa shape index (κ3) is 3.29. The van der Waals surface area contributed by atoms with Crippen LogP contribution in [0.25, 0.3) is 0 Å². The average Bonchev–Trinajstić information content (AvgIpc) is 2.62. The Labute approximate surface area is 141 Å². The molecule has 0 unspecified atom stereocenters. The van der Waals surface area contributed by atoms with E-state index < -0.39 is 0 Å². The summed E-state index contributed by atoms with van der Waals surface area (Å²) in [6.07, 6.45) is 3.52. The van der Waals surface area contributed by atoms with Crippen molar-refractivity contribution in [3.05, 3.63) is 52.2 Å². The van der Waals surface area contributed by atoms with Crippen LogP contribution in [-0.4, -0.2) is 41.3 Å².